The summed E-state index contributed by atoms with van der Waals surface area (Å²) in [5.41, 5.74) is 1.94. The van der Waals surface area contributed by atoms with Crippen LogP contribution < -0.4 is 10.6 Å². The first-order chi connectivity index (χ1) is 18.8. The van der Waals surface area contributed by atoms with E-state index in [0.29, 0.717) is 11.4 Å². The average Bonchev–Trinajstić information content (AvgIpc) is 3.28. The molecule has 1 heterocycles. The Morgan fingerprint density at radius 2 is 1.26 bits per heavy atom. The molecule has 0 atom stereocenters. The number of nitrogens with zero attached hydrogens (tertiary/aromatic N) is 1. The number of carbonyl (C=O) groups excluding carboxylic acids is 1. The molecular weight excluding hydrogens is 515 g/mol. The average molecular weight is 541 g/mol. The smallest absolute Gasteiger partial charge is 0.227 e. The maximum atomic E-state index is 14.0. The van der Waals surface area contributed by atoms with Crippen LogP contribution in [0.5, 0.6) is 0 Å². The van der Waals surface area contributed by atoms with E-state index in [9.17, 15) is 26.7 Å². The van der Waals surface area contributed by atoms with Gasteiger partial charge in [-0.2, -0.15) is 0 Å². The van der Waals surface area contributed by atoms with Gasteiger partial charge in [-0.1, -0.05) is 37.8 Å². The number of hydrogen-bond acceptors (Lipinski definition) is 3. The zero-order valence-electron chi connectivity index (χ0n) is 20.8. The lowest BCUT2D eigenvalue weighted by Crippen LogP contribution is -2.22. The fourth-order valence-electron chi connectivity index (χ4n) is 4.70. The van der Waals surface area contributed by atoms with Crippen LogP contribution in [-0.4, -0.2) is 15.9 Å². The maximum absolute atomic E-state index is 14.0. The van der Waals surface area contributed by atoms with E-state index in [0.717, 1.165) is 42.6 Å². The summed E-state index contributed by atoms with van der Waals surface area (Å²) in [6.07, 6.45) is 8.04. The van der Waals surface area contributed by atoms with Crippen molar-refractivity contribution < 1.29 is 26.7 Å². The summed E-state index contributed by atoms with van der Waals surface area (Å²) in [6, 6.07) is 13.5. The van der Waals surface area contributed by atoms with E-state index in [2.05, 4.69) is 20.6 Å². The van der Waals surface area contributed by atoms with Gasteiger partial charge in [-0.3, -0.25) is 4.79 Å². The van der Waals surface area contributed by atoms with Crippen LogP contribution in [0.3, 0.4) is 0 Å². The first-order valence-corrected chi connectivity index (χ1v) is 12.7. The number of aromatic amines is 1. The van der Waals surface area contributed by atoms with Gasteiger partial charge in [-0.05, 0) is 54.8 Å². The van der Waals surface area contributed by atoms with Gasteiger partial charge in [0.2, 0.25) is 11.7 Å². The first-order valence-electron chi connectivity index (χ1n) is 12.7. The number of carbonyl (C=O) groups is 1. The molecule has 3 aromatic carbocycles. The first kappa shape index (κ1) is 26.4. The molecule has 202 valence electrons. The number of aromatic nitrogens is 2. The van der Waals surface area contributed by atoms with E-state index < -0.39 is 34.8 Å². The molecule has 5 rings (SSSR count). The van der Waals surface area contributed by atoms with Crippen molar-refractivity contribution in [3.8, 4) is 22.6 Å². The molecule has 39 heavy (non-hydrogen) atoms. The Bertz CT molecular complexity index is 1450. The van der Waals surface area contributed by atoms with Crippen molar-refractivity contribution >= 4 is 23.0 Å². The van der Waals surface area contributed by atoms with Crippen LogP contribution in [0, 0.1) is 35.0 Å². The molecule has 5 nitrogen and oxygen atoms in total. The number of halogens is 5. The number of rotatable bonds is 6. The van der Waals surface area contributed by atoms with Crippen LogP contribution in [0.1, 0.15) is 38.5 Å². The fraction of sp³-hybridized carbons (Fsp3) is 0.241. The molecule has 0 radical (unpaired) electrons. The monoisotopic (exact) mass is 540 g/mol. The Balaban J connectivity index is 1.25. The van der Waals surface area contributed by atoms with Gasteiger partial charge in [0.15, 0.2) is 23.3 Å². The Kier molecular flexibility index (Phi) is 7.63. The molecule has 1 aliphatic carbocycles. The molecule has 0 spiro atoms. The Morgan fingerprint density at radius 1 is 0.718 bits per heavy atom. The normalized spacial score (nSPS) is 14.2. The standard InChI is InChI=1S/C29H25F5N4O/c30-22-23(31)25(33)27(26(34)24(22)32)36-19-13-9-17(10-14-19)28-35-15-21(38-28)16-7-11-20(12-8-16)37-29(39)18-5-3-1-2-4-6-18/h7-15,18,36H,1-6H2,(H,35,38)(H,37,39). The third-order valence-electron chi connectivity index (χ3n) is 6.90. The third kappa shape index (κ3) is 5.64. The molecule has 4 aromatic rings. The van der Waals surface area contributed by atoms with Crippen molar-refractivity contribution in [3.05, 3.63) is 83.8 Å². The van der Waals surface area contributed by atoms with Crippen LogP contribution >= 0.6 is 0 Å². The third-order valence-corrected chi connectivity index (χ3v) is 6.90. The van der Waals surface area contributed by atoms with Gasteiger partial charge in [-0.25, -0.2) is 26.9 Å². The minimum Gasteiger partial charge on any atom is -0.351 e. The fourth-order valence-corrected chi connectivity index (χ4v) is 4.70. The summed E-state index contributed by atoms with van der Waals surface area (Å²) < 4.78 is 68.1. The quantitative estimate of drug-likeness (QED) is 0.100. The summed E-state index contributed by atoms with van der Waals surface area (Å²) in [4.78, 5) is 20.2. The molecule has 1 fully saturated rings. The van der Waals surface area contributed by atoms with Gasteiger partial charge in [0.1, 0.15) is 11.5 Å². The summed E-state index contributed by atoms with van der Waals surface area (Å²) in [7, 11) is 0. The SMILES string of the molecule is O=C(Nc1ccc(-c2cnc(-c3ccc(Nc4c(F)c(F)c(F)c(F)c4F)cc3)[nH]2)cc1)C1CCCCCC1. The molecule has 1 amide bonds. The summed E-state index contributed by atoms with van der Waals surface area (Å²) >= 11 is 0. The van der Waals surface area contributed by atoms with Gasteiger partial charge in [0.05, 0.1) is 11.9 Å². The van der Waals surface area contributed by atoms with Gasteiger partial charge < -0.3 is 15.6 Å². The number of amides is 1. The molecular formula is C29H25F5N4O. The molecule has 0 saturated heterocycles. The van der Waals surface area contributed by atoms with E-state index in [-0.39, 0.29) is 17.5 Å². The zero-order valence-corrected chi connectivity index (χ0v) is 20.8. The number of nitrogens with one attached hydrogen (secondary N) is 3. The van der Waals surface area contributed by atoms with Crippen molar-refractivity contribution in [3.63, 3.8) is 0 Å². The second-order valence-electron chi connectivity index (χ2n) is 9.55. The Morgan fingerprint density at radius 3 is 1.87 bits per heavy atom. The molecule has 3 N–H and O–H groups in total. The second kappa shape index (κ2) is 11.3. The van der Waals surface area contributed by atoms with Crippen molar-refractivity contribution in [1.82, 2.24) is 9.97 Å². The van der Waals surface area contributed by atoms with E-state index in [4.69, 9.17) is 0 Å². The minimum absolute atomic E-state index is 0.0556. The van der Waals surface area contributed by atoms with Crippen LogP contribution in [-0.2, 0) is 4.79 Å². The van der Waals surface area contributed by atoms with E-state index in [1.54, 1.807) is 18.3 Å². The van der Waals surface area contributed by atoms with Crippen LogP contribution in [0.25, 0.3) is 22.6 Å². The highest BCUT2D eigenvalue weighted by Crippen LogP contribution is 2.31. The number of anilines is 3. The number of hydrogen-bond donors (Lipinski definition) is 3. The Labute approximate surface area is 221 Å². The number of benzene rings is 3. The van der Waals surface area contributed by atoms with Crippen LogP contribution in [0.15, 0.2) is 54.7 Å². The number of H-pyrrole nitrogens is 1. The van der Waals surface area contributed by atoms with E-state index in [1.165, 1.54) is 25.0 Å². The lowest BCUT2D eigenvalue weighted by molar-refractivity contribution is -0.120. The highest BCUT2D eigenvalue weighted by Gasteiger charge is 2.26. The molecule has 1 saturated carbocycles. The lowest BCUT2D eigenvalue weighted by Gasteiger charge is -2.14. The number of imidazole rings is 1. The molecule has 0 aliphatic heterocycles. The molecule has 10 heteroatoms. The predicted molar refractivity (Wildman–Crippen MR) is 139 cm³/mol. The topological polar surface area (TPSA) is 69.8 Å². The molecule has 1 aromatic heterocycles. The van der Waals surface area contributed by atoms with Crippen molar-refractivity contribution in [2.24, 2.45) is 5.92 Å². The second-order valence-corrected chi connectivity index (χ2v) is 9.55. The molecule has 1 aliphatic rings. The minimum atomic E-state index is -2.21. The largest absolute Gasteiger partial charge is 0.351 e. The zero-order chi connectivity index (χ0) is 27.5. The summed E-state index contributed by atoms with van der Waals surface area (Å²) in [5.74, 6) is -9.52. The van der Waals surface area contributed by atoms with Crippen molar-refractivity contribution in [2.45, 2.75) is 38.5 Å². The summed E-state index contributed by atoms with van der Waals surface area (Å²) in [5, 5.41) is 5.25. The van der Waals surface area contributed by atoms with Gasteiger partial charge >= 0.3 is 0 Å². The van der Waals surface area contributed by atoms with Crippen LogP contribution in [0.2, 0.25) is 0 Å². The molecule has 0 bridgehead atoms. The summed E-state index contributed by atoms with van der Waals surface area (Å²) in [6.45, 7) is 0. The van der Waals surface area contributed by atoms with Crippen LogP contribution in [0.4, 0.5) is 39.0 Å². The van der Waals surface area contributed by atoms with Gasteiger partial charge in [-0.15, -0.1) is 0 Å². The van der Waals surface area contributed by atoms with E-state index >= 15 is 0 Å². The highest BCUT2D eigenvalue weighted by molar-refractivity contribution is 5.92. The van der Waals surface area contributed by atoms with E-state index in [1.807, 2.05) is 24.3 Å². The van der Waals surface area contributed by atoms with Gasteiger partial charge in [0, 0.05) is 22.9 Å². The molecule has 0 unspecified atom stereocenters. The van der Waals surface area contributed by atoms with Crippen molar-refractivity contribution in [2.75, 3.05) is 10.6 Å². The van der Waals surface area contributed by atoms with Crippen molar-refractivity contribution in [1.29, 1.82) is 0 Å². The lowest BCUT2D eigenvalue weighted by atomic mass is 9.99. The van der Waals surface area contributed by atoms with Gasteiger partial charge in [0.25, 0.3) is 0 Å². The Hall–Kier alpha value is -4.21. The maximum Gasteiger partial charge on any atom is 0.227 e. The predicted octanol–water partition coefficient (Wildman–Crippen LogP) is 8.09. The highest BCUT2D eigenvalue weighted by atomic mass is 19.2.